The summed E-state index contributed by atoms with van der Waals surface area (Å²) in [6.07, 6.45) is 0. The van der Waals surface area contributed by atoms with Gasteiger partial charge in [0.25, 0.3) is 11.6 Å². The molecule has 1 N–H and O–H groups in total. The lowest BCUT2D eigenvalue weighted by Gasteiger charge is -2.11. The van der Waals surface area contributed by atoms with Crippen LogP contribution in [0.5, 0.6) is 0 Å². The van der Waals surface area contributed by atoms with Crippen LogP contribution < -0.4 is 5.32 Å². The number of hydrogen-bond acceptors (Lipinski definition) is 3. The number of anilines is 1. The molecule has 2 rings (SSSR count). The number of nitro groups is 1. The van der Waals surface area contributed by atoms with Crippen molar-refractivity contribution in [3.8, 4) is 0 Å². The number of rotatable bonds is 3. The zero-order valence-electron chi connectivity index (χ0n) is 12.1. The summed E-state index contributed by atoms with van der Waals surface area (Å²) in [6.45, 7) is 5.44. The molecule has 0 radical (unpaired) electrons. The van der Waals surface area contributed by atoms with E-state index in [1.54, 1.807) is 25.1 Å². The van der Waals surface area contributed by atoms with Crippen molar-refractivity contribution in [3.63, 3.8) is 0 Å². The molecule has 0 aliphatic carbocycles. The van der Waals surface area contributed by atoms with Gasteiger partial charge in [0.1, 0.15) is 0 Å². The van der Waals surface area contributed by atoms with Crippen molar-refractivity contribution in [3.05, 3.63) is 68.8 Å². The summed E-state index contributed by atoms with van der Waals surface area (Å²) < 4.78 is 0. The first kappa shape index (κ1) is 14.7. The van der Waals surface area contributed by atoms with Gasteiger partial charge in [-0.2, -0.15) is 0 Å². The van der Waals surface area contributed by atoms with Crippen LogP contribution in [0, 0.1) is 30.9 Å². The van der Waals surface area contributed by atoms with Crippen molar-refractivity contribution in [1.82, 2.24) is 0 Å². The van der Waals surface area contributed by atoms with Gasteiger partial charge in [-0.3, -0.25) is 14.9 Å². The third-order valence-electron chi connectivity index (χ3n) is 3.60. The molecule has 2 aromatic carbocycles. The fourth-order valence-electron chi connectivity index (χ4n) is 2.14. The normalized spacial score (nSPS) is 10.2. The summed E-state index contributed by atoms with van der Waals surface area (Å²) >= 11 is 0. The third kappa shape index (κ3) is 2.91. The van der Waals surface area contributed by atoms with Gasteiger partial charge in [0.2, 0.25) is 0 Å². The van der Waals surface area contributed by atoms with E-state index in [4.69, 9.17) is 0 Å². The van der Waals surface area contributed by atoms with Crippen molar-refractivity contribution in [1.29, 1.82) is 0 Å². The van der Waals surface area contributed by atoms with E-state index in [9.17, 15) is 14.9 Å². The molecule has 0 heterocycles. The van der Waals surface area contributed by atoms with E-state index in [1.165, 1.54) is 6.07 Å². The van der Waals surface area contributed by atoms with Crippen molar-refractivity contribution < 1.29 is 9.72 Å². The molecule has 5 nitrogen and oxygen atoms in total. The average molecular weight is 284 g/mol. The maximum absolute atomic E-state index is 12.3. The molecule has 0 spiro atoms. The predicted molar refractivity (Wildman–Crippen MR) is 81.7 cm³/mol. The van der Waals surface area contributed by atoms with Crippen LogP contribution in [-0.2, 0) is 0 Å². The molecular weight excluding hydrogens is 268 g/mol. The third-order valence-corrected chi connectivity index (χ3v) is 3.60. The second kappa shape index (κ2) is 5.75. The minimum absolute atomic E-state index is 0.00577. The highest BCUT2D eigenvalue weighted by Crippen LogP contribution is 2.26. The summed E-state index contributed by atoms with van der Waals surface area (Å²) in [6, 6.07) is 10.1. The number of carbonyl (C=O) groups is 1. The predicted octanol–water partition coefficient (Wildman–Crippen LogP) is 3.77. The highest BCUT2D eigenvalue weighted by molar-refractivity contribution is 6.06. The lowest BCUT2D eigenvalue weighted by molar-refractivity contribution is -0.385. The first-order valence-electron chi connectivity index (χ1n) is 6.53. The van der Waals surface area contributed by atoms with Gasteiger partial charge in [-0.25, -0.2) is 0 Å². The number of benzene rings is 2. The van der Waals surface area contributed by atoms with Crippen molar-refractivity contribution in [2.24, 2.45) is 0 Å². The first-order valence-corrected chi connectivity index (χ1v) is 6.53. The maximum atomic E-state index is 12.3. The van der Waals surface area contributed by atoms with Crippen LogP contribution in [0.2, 0.25) is 0 Å². The van der Waals surface area contributed by atoms with Crippen LogP contribution in [-0.4, -0.2) is 10.8 Å². The topological polar surface area (TPSA) is 72.2 Å². The maximum Gasteiger partial charge on any atom is 0.274 e. The molecule has 0 unspecified atom stereocenters. The molecule has 0 aromatic heterocycles. The van der Waals surface area contributed by atoms with Gasteiger partial charge in [0.15, 0.2) is 0 Å². The van der Waals surface area contributed by atoms with E-state index in [1.807, 2.05) is 26.0 Å². The molecule has 0 aliphatic rings. The van der Waals surface area contributed by atoms with E-state index < -0.39 is 4.92 Å². The van der Waals surface area contributed by atoms with Gasteiger partial charge in [-0.1, -0.05) is 18.2 Å². The Morgan fingerprint density at radius 1 is 1.05 bits per heavy atom. The Balaban J connectivity index is 2.34. The molecule has 5 heteroatoms. The summed E-state index contributed by atoms with van der Waals surface area (Å²) in [5.41, 5.74) is 3.39. The Bertz CT molecular complexity index is 723. The monoisotopic (exact) mass is 284 g/mol. The number of hydrogen-bond donors (Lipinski definition) is 1. The molecular formula is C16H16N2O3. The largest absolute Gasteiger partial charge is 0.321 e. The van der Waals surface area contributed by atoms with Crippen LogP contribution in [0.4, 0.5) is 11.4 Å². The molecule has 0 saturated heterocycles. The number of aryl methyl sites for hydroxylation is 1. The molecule has 2 aromatic rings. The minimum Gasteiger partial charge on any atom is -0.321 e. The highest BCUT2D eigenvalue weighted by Gasteiger charge is 2.16. The van der Waals surface area contributed by atoms with Gasteiger partial charge in [0.05, 0.1) is 16.2 Å². The van der Waals surface area contributed by atoms with Gasteiger partial charge < -0.3 is 5.32 Å². The van der Waals surface area contributed by atoms with Crippen LogP contribution in [0.3, 0.4) is 0 Å². The van der Waals surface area contributed by atoms with E-state index in [0.717, 1.165) is 11.1 Å². The van der Waals surface area contributed by atoms with Crippen LogP contribution in [0.25, 0.3) is 0 Å². The van der Waals surface area contributed by atoms with Gasteiger partial charge in [-0.15, -0.1) is 0 Å². The Kier molecular flexibility index (Phi) is 4.03. The molecule has 21 heavy (non-hydrogen) atoms. The second-order valence-electron chi connectivity index (χ2n) is 4.91. The standard InChI is InChI=1S/C16H16N2O3/c1-10-6-4-7-13(11(10)2)16(19)17-14-8-5-9-15(12(14)3)18(20)21/h4-9H,1-3H3,(H,17,19). The summed E-state index contributed by atoms with van der Waals surface area (Å²) in [5, 5.41) is 13.7. The number of nitro benzene ring substituents is 1. The highest BCUT2D eigenvalue weighted by atomic mass is 16.6. The van der Waals surface area contributed by atoms with E-state index in [-0.39, 0.29) is 11.6 Å². The molecule has 1 amide bonds. The lowest BCUT2D eigenvalue weighted by Crippen LogP contribution is -2.15. The van der Waals surface area contributed by atoms with E-state index in [2.05, 4.69) is 5.32 Å². The van der Waals surface area contributed by atoms with Crippen LogP contribution in [0.15, 0.2) is 36.4 Å². The summed E-state index contributed by atoms with van der Waals surface area (Å²) in [7, 11) is 0. The average Bonchev–Trinajstić information content (AvgIpc) is 2.43. The molecule has 0 saturated carbocycles. The number of nitrogens with one attached hydrogen (secondary N) is 1. The quantitative estimate of drug-likeness (QED) is 0.688. The Labute approximate surface area is 122 Å². The van der Waals surface area contributed by atoms with Crippen LogP contribution >= 0.6 is 0 Å². The zero-order chi connectivity index (χ0) is 15.6. The zero-order valence-corrected chi connectivity index (χ0v) is 12.1. The number of nitrogens with zero attached hydrogens (tertiary/aromatic N) is 1. The SMILES string of the molecule is Cc1cccc(C(=O)Nc2cccc([N+](=O)[O-])c2C)c1C. The number of carbonyl (C=O) groups excluding carboxylic acids is 1. The number of amides is 1. The van der Waals surface area contributed by atoms with Crippen molar-refractivity contribution in [2.75, 3.05) is 5.32 Å². The fraction of sp³-hybridized carbons (Fsp3) is 0.188. The smallest absolute Gasteiger partial charge is 0.274 e. The first-order chi connectivity index (χ1) is 9.91. The summed E-state index contributed by atoms with van der Waals surface area (Å²) in [5.74, 6) is -0.264. The molecule has 0 aliphatic heterocycles. The van der Waals surface area contributed by atoms with E-state index >= 15 is 0 Å². The molecule has 0 fully saturated rings. The van der Waals surface area contributed by atoms with Gasteiger partial charge in [0, 0.05) is 11.6 Å². The Morgan fingerprint density at radius 2 is 1.71 bits per heavy atom. The molecule has 0 atom stereocenters. The van der Waals surface area contributed by atoms with Crippen LogP contribution in [0.1, 0.15) is 27.0 Å². The lowest BCUT2D eigenvalue weighted by atomic mass is 10.0. The van der Waals surface area contributed by atoms with Gasteiger partial charge in [-0.05, 0) is 44.0 Å². The Morgan fingerprint density at radius 3 is 2.38 bits per heavy atom. The molecule has 0 bridgehead atoms. The second-order valence-corrected chi connectivity index (χ2v) is 4.91. The molecule has 108 valence electrons. The minimum atomic E-state index is -0.455. The summed E-state index contributed by atoms with van der Waals surface area (Å²) in [4.78, 5) is 22.8. The fourth-order valence-corrected chi connectivity index (χ4v) is 2.14. The van der Waals surface area contributed by atoms with Crippen molar-refractivity contribution >= 4 is 17.3 Å². The van der Waals surface area contributed by atoms with Crippen molar-refractivity contribution in [2.45, 2.75) is 20.8 Å². The van der Waals surface area contributed by atoms with E-state index in [0.29, 0.717) is 16.8 Å². The van der Waals surface area contributed by atoms with Gasteiger partial charge >= 0.3 is 0 Å². The Hall–Kier alpha value is -2.69.